The molecule has 0 aromatic rings. The second kappa shape index (κ2) is 3.38. The van der Waals surface area contributed by atoms with Gasteiger partial charge < -0.3 is 0 Å². The Morgan fingerprint density at radius 3 is 2.45 bits per heavy atom. The molecule has 1 aliphatic heterocycles. The second-order valence-electron chi connectivity index (χ2n) is 2.09. The van der Waals surface area contributed by atoms with Crippen molar-refractivity contribution < 1.29 is 16.8 Å². The molecule has 1 heterocycles. The summed E-state index contributed by atoms with van der Waals surface area (Å²) in [6.45, 7) is 1.64. The van der Waals surface area contributed by atoms with Crippen molar-refractivity contribution in [3.05, 3.63) is 10.2 Å². The summed E-state index contributed by atoms with van der Waals surface area (Å²) < 4.78 is 32.1. The number of hydrogen-bond donors (Lipinski definition) is 0. The maximum absolute atomic E-state index is 10.6. The maximum Gasteiger partial charge on any atom is 0.400 e. The first-order chi connectivity index (χ1) is 5.05. The molecule has 1 saturated heterocycles. The van der Waals surface area contributed by atoms with E-state index in [0.717, 1.165) is 0 Å². The summed E-state index contributed by atoms with van der Waals surface area (Å²) in [4.78, 5) is 0. The molecule has 0 radical (unpaired) electrons. The predicted molar refractivity (Wildman–Crippen MR) is 47.5 cm³/mol. The first-order valence-corrected chi connectivity index (χ1v) is 5.51. The Kier molecular flexibility index (Phi) is 2.90. The van der Waals surface area contributed by atoms with E-state index in [1.54, 1.807) is 17.1 Å². The quantitative estimate of drug-likeness (QED) is 0.676. The molecule has 64 valence electrons. The van der Waals surface area contributed by atoms with Gasteiger partial charge in [-0.25, -0.2) is 8.37 Å². The summed E-state index contributed by atoms with van der Waals surface area (Å²) in [6.07, 6.45) is 0.735. The van der Waals surface area contributed by atoms with Gasteiger partial charge in [0.2, 0.25) is 0 Å². The Morgan fingerprint density at radius 1 is 1.45 bits per heavy atom. The Morgan fingerprint density at radius 2 is 2.09 bits per heavy atom. The third-order valence-corrected chi connectivity index (χ3v) is 2.64. The lowest BCUT2D eigenvalue weighted by molar-refractivity contribution is 0.210. The van der Waals surface area contributed by atoms with E-state index in [1.807, 2.05) is 22.6 Å². The maximum atomic E-state index is 10.6. The van der Waals surface area contributed by atoms with Gasteiger partial charge in [0.25, 0.3) is 0 Å². The lowest BCUT2D eigenvalue weighted by Gasteiger charge is -2.01. The minimum atomic E-state index is -3.72. The number of hydrogen-bond acceptors (Lipinski definition) is 4. The molecule has 0 amide bonds. The molecule has 4 nitrogen and oxygen atoms in total. The van der Waals surface area contributed by atoms with Crippen LogP contribution in [0, 0.1) is 0 Å². The molecular formula is C5H7IO4S. The fourth-order valence-electron chi connectivity index (χ4n) is 0.738. The monoisotopic (exact) mass is 290 g/mol. The normalized spacial score (nSPS) is 36.5. The molecular weight excluding hydrogens is 283 g/mol. The highest BCUT2D eigenvalue weighted by Gasteiger charge is 2.35. The molecule has 1 fully saturated rings. The van der Waals surface area contributed by atoms with Crippen LogP contribution in [0.3, 0.4) is 0 Å². The van der Waals surface area contributed by atoms with Gasteiger partial charge in [0.05, 0.1) is 0 Å². The molecule has 11 heavy (non-hydrogen) atoms. The molecule has 0 aromatic heterocycles. The zero-order chi connectivity index (χ0) is 8.48. The van der Waals surface area contributed by atoms with Crippen molar-refractivity contribution in [1.82, 2.24) is 0 Å². The van der Waals surface area contributed by atoms with Crippen LogP contribution in [0.2, 0.25) is 0 Å². The van der Waals surface area contributed by atoms with Gasteiger partial charge in [-0.3, -0.25) is 0 Å². The summed E-state index contributed by atoms with van der Waals surface area (Å²) in [6, 6.07) is 0. The van der Waals surface area contributed by atoms with Crippen LogP contribution in [-0.2, 0) is 18.8 Å². The predicted octanol–water partition coefficient (Wildman–Crippen LogP) is 0.984. The Balaban J connectivity index is 2.74. The standard InChI is InChI=1S/C5H7IO4S/c1-4-5(2-3-6)10-11(7,8)9-4/h2-5H,1H3/b3-2-/t4-,5-/m1/s1. The topological polar surface area (TPSA) is 52.6 Å². The zero-order valence-electron chi connectivity index (χ0n) is 5.73. The van der Waals surface area contributed by atoms with Crippen molar-refractivity contribution in [2.45, 2.75) is 19.1 Å². The van der Waals surface area contributed by atoms with Gasteiger partial charge in [0, 0.05) is 0 Å². The van der Waals surface area contributed by atoms with Crippen LogP contribution in [0.1, 0.15) is 6.92 Å². The summed E-state index contributed by atoms with van der Waals surface area (Å²) in [5.41, 5.74) is 0. The van der Waals surface area contributed by atoms with Crippen LogP contribution in [0.5, 0.6) is 0 Å². The average molecular weight is 290 g/mol. The fraction of sp³-hybridized carbons (Fsp3) is 0.600. The SMILES string of the molecule is C[C@H]1OS(=O)(=O)O[C@@H]1/C=C\I. The van der Waals surface area contributed by atoms with Crippen molar-refractivity contribution in [2.75, 3.05) is 0 Å². The van der Waals surface area contributed by atoms with E-state index in [2.05, 4.69) is 8.37 Å². The van der Waals surface area contributed by atoms with Crippen molar-refractivity contribution in [3.8, 4) is 0 Å². The van der Waals surface area contributed by atoms with E-state index in [-0.39, 0.29) is 0 Å². The zero-order valence-corrected chi connectivity index (χ0v) is 8.70. The summed E-state index contributed by atoms with van der Waals surface area (Å²) in [5.74, 6) is 0. The molecule has 0 unspecified atom stereocenters. The van der Waals surface area contributed by atoms with Crippen LogP contribution in [0.4, 0.5) is 0 Å². The highest BCUT2D eigenvalue weighted by Crippen LogP contribution is 2.21. The number of rotatable bonds is 1. The van der Waals surface area contributed by atoms with Crippen LogP contribution in [0.25, 0.3) is 0 Å². The van der Waals surface area contributed by atoms with Crippen molar-refractivity contribution >= 4 is 33.0 Å². The number of halogens is 1. The molecule has 0 aromatic carbocycles. The summed E-state index contributed by atoms with van der Waals surface area (Å²) in [7, 11) is -3.72. The lowest BCUT2D eigenvalue weighted by atomic mass is 10.2. The van der Waals surface area contributed by atoms with E-state index >= 15 is 0 Å². The fourth-order valence-corrected chi connectivity index (χ4v) is 2.17. The van der Waals surface area contributed by atoms with Crippen molar-refractivity contribution in [3.63, 3.8) is 0 Å². The van der Waals surface area contributed by atoms with Crippen LogP contribution >= 0.6 is 22.6 Å². The van der Waals surface area contributed by atoms with Crippen LogP contribution in [0.15, 0.2) is 10.2 Å². The minimum absolute atomic E-state index is 0.425. The third kappa shape index (κ3) is 2.39. The van der Waals surface area contributed by atoms with E-state index in [1.165, 1.54) is 0 Å². The third-order valence-electron chi connectivity index (χ3n) is 1.22. The van der Waals surface area contributed by atoms with Gasteiger partial charge in [-0.05, 0) is 17.1 Å². The molecule has 6 heteroatoms. The second-order valence-corrected chi connectivity index (χ2v) is 4.01. The summed E-state index contributed by atoms with van der Waals surface area (Å²) >= 11 is 1.99. The first-order valence-electron chi connectivity index (χ1n) is 2.93. The van der Waals surface area contributed by atoms with E-state index < -0.39 is 22.6 Å². The Labute approximate surface area is 79.0 Å². The Hall–Kier alpha value is 0.340. The molecule has 1 aliphatic rings. The smallest absolute Gasteiger partial charge is 0.242 e. The highest BCUT2D eigenvalue weighted by atomic mass is 127. The molecule has 0 aliphatic carbocycles. The minimum Gasteiger partial charge on any atom is -0.242 e. The largest absolute Gasteiger partial charge is 0.400 e. The van der Waals surface area contributed by atoms with Gasteiger partial charge in [-0.15, -0.1) is 0 Å². The van der Waals surface area contributed by atoms with E-state index in [0.29, 0.717) is 0 Å². The van der Waals surface area contributed by atoms with Gasteiger partial charge in [-0.2, -0.15) is 8.42 Å². The first kappa shape index (κ1) is 9.43. The van der Waals surface area contributed by atoms with Gasteiger partial charge in [-0.1, -0.05) is 22.6 Å². The molecule has 0 N–H and O–H groups in total. The molecule has 0 saturated carbocycles. The lowest BCUT2D eigenvalue weighted by Crippen LogP contribution is -2.15. The van der Waals surface area contributed by atoms with E-state index in [9.17, 15) is 8.42 Å². The van der Waals surface area contributed by atoms with Crippen LogP contribution in [-0.4, -0.2) is 20.6 Å². The molecule has 1 rings (SSSR count). The van der Waals surface area contributed by atoms with Gasteiger partial charge in [0.1, 0.15) is 12.2 Å². The highest BCUT2D eigenvalue weighted by molar-refractivity contribution is 14.1. The molecule has 2 atom stereocenters. The van der Waals surface area contributed by atoms with Gasteiger partial charge in [0.15, 0.2) is 0 Å². The molecule has 0 spiro atoms. The average Bonchev–Trinajstić information content (AvgIpc) is 2.07. The van der Waals surface area contributed by atoms with Crippen LogP contribution < -0.4 is 0 Å². The van der Waals surface area contributed by atoms with Crippen molar-refractivity contribution in [2.24, 2.45) is 0 Å². The van der Waals surface area contributed by atoms with E-state index in [4.69, 9.17) is 0 Å². The Bertz CT molecular complexity index is 258. The molecule has 0 bridgehead atoms. The summed E-state index contributed by atoms with van der Waals surface area (Å²) in [5, 5.41) is 0. The van der Waals surface area contributed by atoms with Crippen molar-refractivity contribution in [1.29, 1.82) is 0 Å². The van der Waals surface area contributed by atoms with Gasteiger partial charge >= 0.3 is 10.4 Å².